The minimum Gasteiger partial charge on any atom is -0.497 e. The van der Waals surface area contributed by atoms with Crippen molar-refractivity contribution in [1.29, 1.82) is 0 Å². The number of nitrogens with zero attached hydrogens (tertiary/aromatic N) is 2. The quantitative estimate of drug-likeness (QED) is 0.583. The zero-order valence-corrected chi connectivity index (χ0v) is 15.0. The normalized spacial score (nSPS) is 10.1. The highest BCUT2D eigenvalue weighted by Crippen LogP contribution is 2.27. The lowest BCUT2D eigenvalue weighted by Crippen LogP contribution is -2.34. The molecule has 0 radical (unpaired) electrons. The number of ether oxygens (including phenoxy) is 2. The molecule has 0 heterocycles. The van der Waals surface area contributed by atoms with Crippen molar-refractivity contribution in [1.82, 2.24) is 4.90 Å². The molecule has 0 atom stereocenters. The van der Waals surface area contributed by atoms with Crippen molar-refractivity contribution in [3.8, 4) is 11.5 Å². The first-order chi connectivity index (χ1) is 12.4. The molecule has 26 heavy (non-hydrogen) atoms. The van der Waals surface area contributed by atoms with Gasteiger partial charge in [0.25, 0.3) is 5.69 Å². The second-order valence-corrected chi connectivity index (χ2v) is 5.71. The van der Waals surface area contributed by atoms with Gasteiger partial charge in [-0.05, 0) is 36.4 Å². The number of nitro benzene ring substituents is 1. The van der Waals surface area contributed by atoms with Gasteiger partial charge in [0.15, 0.2) is 0 Å². The van der Waals surface area contributed by atoms with Crippen LogP contribution in [0.4, 0.5) is 16.2 Å². The van der Waals surface area contributed by atoms with Crippen molar-refractivity contribution in [3.63, 3.8) is 0 Å². The Hall–Kier alpha value is -3.00. The first-order valence-electron chi connectivity index (χ1n) is 7.63. The lowest BCUT2D eigenvalue weighted by atomic mass is 10.3. The fourth-order valence-corrected chi connectivity index (χ4v) is 2.21. The van der Waals surface area contributed by atoms with E-state index in [0.717, 1.165) is 5.75 Å². The highest BCUT2D eigenvalue weighted by molar-refractivity contribution is 6.32. The summed E-state index contributed by atoms with van der Waals surface area (Å²) in [4.78, 5) is 23.8. The van der Waals surface area contributed by atoms with Gasteiger partial charge in [-0.1, -0.05) is 11.6 Å². The molecule has 2 aromatic carbocycles. The number of benzene rings is 2. The van der Waals surface area contributed by atoms with Crippen LogP contribution in [0.1, 0.15) is 0 Å². The van der Waals surface area contributed by atoms with Crippen LogP contribution in [0.2, 0.25) is 5.02 Å². The number of nitrogens with one attached hydrogen (secondary N) is 1. The van der Waals surface area contributed by atoms with Gasteiger partial charge in [0.1, 0.15) is 23.1 Å². The third-order valence-electron chi connectivity index (χ3n) is 3.50. The van der Waals surface area contributed by atoms with E-state index in [-0.39, 0.29) is 23.0 Å². The zero-order chi connectivity index (χ0) is 19.1. The van der Waals surface area contributed by atoms with E-state index in [1.54, 1.807) is 38.4 Å². The molecule has 0 aliphatic rings. The Morgan fingerprint density at radius 3 is 2.50 bits per heavy atom. The monoisotopic (exact) mass is 379 g/mol. The van der Waals surface area contributed by atoms with Crippen LogP contribution in [0, 0.1) is 10.1 Å². The number of hydrogen-bond acceptors (Lipinski definition) is 5. The molecule has 2 amide bonds. The molecule has 0 aliphatic heterocycles. The van der Waals surface area contributed by atoms with Crippen molar-refractivity contribution in [2.24, 2.45) is 0 Å². The third kappa shape index (κ3) is 5.25. The predicted molar refractivity (Wildman–Crippen MR) is 98.2 cm³/mol. The van der Waals surface area contributed by atoms with E-state index in [2.05, 4.69) is 5.32 Å². The summed E-state index contributed by atoms with van der Waals surface area (Å²) in [5, 5.41) is 13.5. The Morgan fingerprint density at radius 2 is 1.88 bits per heavy atom. The number of nitro groups is 1. The Balaban J connectivity index is 1.85. The third-order valence-corrected chi connectivity index (χ3v) is 3.82. The number of methoxy groups -OCH3 is 1. The maximum Gasteiger partial charge on any atom is 0.321 e. The molecular weight excluding hydrogens is 362 g/mol. The number of urea groups is 1. The van der Waals surface area contributed by atoms with Gasteiger partial charge in [-0.15, -0.1) is 0 Å². The molecule has 1 N–H and O–H groups in total. The lowest BCUT2D eigenvalue weighted by molar-refractivity contribution is -0.384. The summed E-state index contributed by atoms with van der Waals surface area (Å²) in [6.45, 7) is 0.616. The highest BCUT2D eigenvalue weighted by atomic mass is 35.5. The summed E-state index contributed by atoms with van der Waals surface area (Å²) in [6, 6.07) is 10.7. The molecule has 0 aromatic heterocycles. The number of hydrogen-bond donors (Lipinski definition) is 1. The van der Waals surface area contributed by atoms with E-state index < -0.39 is 11.0 Å². The van der Waals surface area contributed by atoms with Crippen molar-refractivity contribution >= 4 is 29.0 Å². The molecule has 0 saturated heterocycles. The van der Waals surface area contributed by atoms with Crippen molar-refractivity contribution in [2.75, 3.05) is 32.6 Å². The van der Waals surface area contributed by atoms with E-state index in [9.17, 15) is 14.9 Å². The molecule has 0 spiro atoms. The van der Waals surface area contributed by atoms with Crippen LogP contribution in [-0.4, -0.2) is 43.2 Å². The predicted octanol–water partition coefficient (Wildman–Crippen LogP) is 3.80. The number of anilines is 1. The van der Waals surface area contributed by atoms with Crippen LogP contribution < -0.4 is 14.8 Å². The molecule has 0 unspecified atom stereocenters. The molecule has 2 rings (SSSR count). The topological polar surface area (TPSA) is 93.9 Å². The average molecular weight is 380 g/mol. The van der Waals surface area contributed by atoms with Gasteiger partial charge >= 0.3 is 6.03 Å². The van der Waals surface area contributed by atoms with E-state index in [4.69, 9.17) is 21.1 Å². The Labute approximate surface area is 155 Å². The number of halogens is 1. The molecule has 0 bridgehead atoms. The first-order valence-corrected chi connectivity index (χ1v) is 8.01. The molecule has 9 heteroatoms. The standard InChI is InChI=1S/C17H18ClN3O5/c1-20(9-10-26-14-6-4-13(25-2)5-7-14)17(22)19-12-3-8-15(18)16(11-12)21(23)24/h3-8,11H,9-10H2,1-2H3,(H,19,22). The van der Waals surface area contributed by atoms with E-state index >= 15 is 0 Å². The number of carbonyl (C=O) groups excluding carboxylic acids is 1. The number of rotatable bonds is 7. The molecule has 138 valence electrons. The Morgan fingerprint density at radius 1 is 1.23 bits per heavy atom. The molecule has 0 fully saturated rings. The molecular formula is C17H18ClN3O5. The van der Waals surface area contributed by atoms with Gasteiger partial charge in [-0.3, -0.25) is 10.1 Å². The van der Waals surface area contributed by atoms with Gasteiger partial charge in [0.2, 0.25) is 0 Å². The van der Waals surface area contributed by atoms with Crippen LogP contribution >= 0.6 is 11.6 Å². The average Bonchev–Trinajstić information content (AvgIpc) is 2.63. The van der Waals surface area contributed by atoms with Gasteiger partial charge in [-0.2, -0.15) is 0 Å². The summed E-state index contributed by atoms with van der Waals surface area (Å²) in [6.07, 6.45) is 0. The molecule has 8 nitrogen and oxygen atoms in total. The van der Waals surface area contributed by atoms with Gasteiger partial charge in [-0.25, -0.2) is 4.79 Å². The van der Waals surface area contributed by atoms with Crippen LogP contribution in [0.5, 0.6) is 11.5 Å². The lowest BCUT2D eigenvalue weighted by Gasteiger charge is -2.18. The van der Waals surface area contributed by atoms with Crippen molar-refractivity contribution < 1.29 is 19.2 Å². The summed E-state index contributed by atoms with van der Waals surface area (Å²) in [5.74, 6) is 1.39. The van der Waals surface area contributed by atoms with Gasteiger partial charge in [0.05, 0.1) is 18.6 Å². The van der Waals surface area contributed by atoms with E-state index in [1.165, 1.54) is 23.1 Å². The first kappa shape index (κ1) is 19.3. The van der Waals surface area contributed by atoms with E-state index in [0.29, 0.717) is 12.3 Å². The number of likely N-dealkylation sites (N-methyl/N-ethyl adjacent to an activating group) is 1. The zero-order valence-electron chi connectivity index (χ0n) is 14.3. The largest absolute Gasteiger partial charge is 0.497 e. The Bertz CT molecular complexity index is 782. The van der Waals surface area contributed by atoms with Crippen molar-refractivity contribution in [2.45, 2.75) is 0 Å². The molecule has 2 aromatic rings. The van der Waals surface area contributed by atoms with Crippen LogP contribution in [0.3, 0.4) is 0 Å². The van der Waals surface area contributed by atoms with Crippen LogP contribution in [0.25, 0.3) is 0 Å². The second-order valence-electron chi connectivity index (χ2n) is 5.30. The maximum absolute atomic E-state index is 12.1. The Kier molecular flexibility index (Phi) is 6.62. The SMILES string of the molecule is COc1ccc(OCCN(C)C(=O)Nc2ccc(Cl)c([N+](=O)[O-])c2)cc1. The fraction of sp³-hybridized carbons (Fsp3) is 0.235. The maximum atomic E-state index is 12.1. The van der Waals surface area contributed by atoms with Gasteiger partial charge < -0.3 is 19.7 Å². The van der Waals surface area contributed by atoms with Gasteiger partial charge in [0, 0.05) is 18.8 Å². The van der Waals surface area contributed by atoms with Crippen molar-refractivity contribution in [3.05, 3.63) is 57.6 Å². The van der Waals surface area contributed by atoms with Crippen LogP contribution in [0.15, 0.2) is 42.5 Å². The summed E-state index contributed by atoms with van der Waals surface area (Å²) >= 11 is 5.75. The fourth-order valence-electron chi connectivity index (χ4n) is 2.02. The molecule has 0 aliphatic carbocycles. The minimum atomic E-state index is -0.607. The number of carbonyl (C=O) groups is 1. The minimum absolute atomic E-state index is 0.00856. The molecule has 0 saturated carbocycles. The summed E-state index contributed by atoms with van der Waals surface area (Å²) in [5.41, 5.74) is 0.0176. The summed E-state index contributed by atoms with van der Waals surface area (Å²) < 4.78 is 10.6. The highest BCUT2D eigenvalue weighted by Gasteiger charge is 2.15. The van der Waals surface area contributed by atoms with E-state index in [1.807, 2.05) is 0 Å². The second kappa shape index (κ2) is 8.91. The number of amides is 2. The smallest absolute Gasteiger partial charge is 0.321 e. The van der Waals surface area contributed by atoms with Crippen LogP contribution in [-0.2, 0) is 0 Å². The summed E-state index contributed by atoms with van der Waals surface area (Å²) in [7, 11) is 3.18.